The van der Waals surface area contributed by atoms with Crippen molar-refractivity contribution in [2.45, 2.75) is 26.3 Å². The number of benzene rings is 2. The molecule has 3 aromatic rings. The van der Waals surface area contributed by atoms with Gasteiger partial charge in [0.2, 0.25) is 5.91 Å². The summed E-state index contributed by atoms with van der Waals surface area (Å²) in [5.74, 6) is 2.73. The van der Waals surface area contributed by atoms with Crippen molar-refractivity contribution >= 4 is 5.91 Å². The van der Waals surface area contributed by atoms with Crippen LogP contribution in [0.25, 0.3) is 11.3 Å². The molecule has 0 spiro atoms. The summed E-state index contributed by atoms with van der Waals surface area (Å²) in [7, 11) is 1.62. The number of carbonyl (C=O) groups is 1. The number of ether oxygens (including phenoxy) is 2. The molecule has 6 nitrogen and oxygen atoms in total. The minimum absolute atomic E-state index is 0.0632. The predicted octanol–water partition coefficient (Wildman–Crippen LogP) is 4.00. The van der Waals surface area contributed by atoms with Crippen LogP contribution in [0.15, 0.2) is 59.1 Å². The standard InChI is InChI=1S/C22H24N2O4/c1-3-27-18-10-8-16(9-11-18)20-15-24-22(28-20)13-12-21(25)23-14-17-6-4-5-7-19(17)26-2/h4-11,15H,3,12-14H2,1-2H3,(H,23,25). The zero-order valence-electron chi connectivity index (χ0n) is 16.1. The SMILES string of the molecule is CCOc1ccc(-c2cnc(CCC(=O)NCc3ccccc3OC)o2)cc1. The van der Waals surface area contributed by atoms with Gasteiger partial charge in [-0.05, 0) is 37.3 Å². The molecule has 2 aromatic carbocycles. The Labute approximate surface area is 164 Å². The number of carbonyl (C=O) groups excluding carboxylic acids is 1. The fourth-order valence-corrected chi connectivity index (χ4v) is 2.79. The highest BCUT2D eigenvalue weighted by Crippen LogP contribution is 2.23. The Morgan fingerprint density at radius 3 is 2.68 bits per heavy atom. The van der Waals surface area contributed by atoms with Crippen LogP contribution >= 0.6 is 0 Å². The first-order valence-electron chi connectivity index (χ1n) is 9.26. The van der Waals surface area contributed by atoms with Crippen LogP contribution in [0.2, 0.25) is 0 Å². The Morgan fingerprint density at radius 2 is 1.93 bits per heavy atom. The molecule has 1 amide bonds. The van der Waals surface area contributed by atoms with E-state index in [9.17, 15) is 4.79 Å². The van der Waals surface area contributed by atoms with Crippen LogP contribution in [-0.4, -0.2) is 24.6 Å². The molecule has 0 saturated carbocycles. The third-order valence-corrected chi connectivity index (χ3v) is 4.24. The number of rotatable bonds is 9. The molecule has 0 fully saturated rings. The van der Waals surface area contributed by atoms with Gasteiger partial charge in [-0.3, -0.25) is 4.79 Å². The van der Waals surface area contributed by atoms with Crippen molar-refractivity contribution in [3.8, 4) is 22.8 Å². The maximum atomic E-state index is 12.1. The van der Waals surface area contributed by atoms with Crippen molar-refractivity contribution < 1.29 is 18.7 Å². The highest BCUT2D eigenvalue weighted by molar-refractivity contribution is 5.76. The minimum Gasteiger partial charge on any atom is -0.496 e. The Kier molecular flexibility index (Phi) is 6.68. The number of amides is 1. The largest absolute Gasteiger partial charge is 0.496 e. The summed E-state index contributed by atoms with van der Waals surface area (Å²) in [6.07, 6.45) is 2.42. The molecule has 0 atom stereocenters. The summed E-state index contributed by atoms with van der Waals surface area (Å²) in [5.41, 5.74) is 1.86. The number of oxazole rings is 1. The Hall–Kier alpha value is -3.28. The number of hydrogen-bond acceptors (Lipinski definition) is 5. The van der Waals surface area contributed by atoms with Gasteiger partial charge in [-0.25, -0.2) is 4.98 Å². The lowest BCUT2D eigenvalue weighted by atomic mass is 10.2. The third kappa shape index (κ3) is 5.13. The van der Waals surface area contributed by atoms with E-state index >= 15 is 0 Å². The smallest absolute Gasteiger partial charge is 0.220 e. The first kappa shape index (κ1) is 19.5. The summed E-state index contributed by atoms with van der Waals surface area (Å²) in [6.45, 7) is 3.00. The number of methoxy groups -OCH3 is 1. The van der Waals surface area contributed by atoms with Crippen molar-refractivity contribution in [3.63, 3.8) is 0 Å². The van der Waals surface area contributed by atoms with Gasteiger partial charge in [-0.15, -0.1) is 0 Å². The number of hydrogen-bond donors (Lipinski definition) is 1. The highest BCUT2D eigenvalue weighted by Gasteiger charge is 2.10. The molecular formula is C22H24N2O4. The lowest BCUT2D eigenvalue weighted by Crippen LogP contribution is -2.23. The van der Waals surface area contributed by atoms with Gasteiger partial charge < -0.3 is 19.2 Å². The van der Waals surface area contributed by atoms with Crippen molar-refractivity contribution in [1.82, 2.24) is 10.3 Å². The fourth-order valence-electron chi connectivity index (χ4n) is 2.79. The molecule has 0 aliphatic heterocycles. The number of aryl methyl sites for hydroxylation is 1. The predicted molar refractivity (Wildman–Crippen MR) is 106 cm³/mol. The van der Waals surface area contributed by atoms with Crippen LogP contribution in [0.5, 0.6) is 11.5 Å². The number of nitrogens with one attached hydrogen (secondary N) is 1. The zero-order valence-corrected chi connectivity index (χ0v) is 16.1. The first-order chi connectivity index (χ1) is 13.7. The summed E-state index contributed by atoms with van der Waals surface area (Å²) in [4.78, 5) is 16.4. The van der Waals surface area contributed by atoms with E-state index in [0.717, 1.165) is 22.6 Å². The van der Waals surface area contributed by atoms with Gasteiger partial charge in [-0.2, -0.15) is 0 Å². The zero-order chi connectivity index (χ0) is 19.8. The maximum absolute atomic E-state index is 12.1. The van der Waals surface area contributed by atoms with Crippen molar-refractivity contribution in [3.05, 3.63) is 66.2 Å². The maximum Gasteiger partial charge on any atom is 0.220 e. The van der Waals surface area contributed by atoms with Gasteiger partial charge in [0, 0.05) is 30.5 Å². The monoisotopic (exact) mass is 380 g/mol. The normalized spacial score (nSPS) is 10.5. The lowest BCUT2D eigenvalue weighted by Gasteiger charge is -2.09. The van der Waals surface area contributed by atoms with Crippen LogP contribution in [0.1, 0.15) is 24.8 Å². The second kappa shape index (κ2) is 9.60. The van der Waals surface area contributed by atoms with E-state index in [1.54, 1.807) is 13.3 Å². The van der Waals surface area contributed by atoms with E-state index in [0.29, 0.717) is 37.6 Å². The van der Waals surface area contributed by atoms with Gasteiger partial charge in [-0.1, -0.05) is 18.2 Å². The summed E-state index contributed by atoms with van der Waals surface area (Å²) >= 11 is 0. The van der Waals surface area contributed by atoms with E-state index in [1.807, 2.05) is 55.5 Å². The van der Waals surface area contributed by atoms with Crippen molar-refractivity contribution in [2.24, 2.45) is 0 Å². The van der Waals surface area contributed by atoms with Gasteiger partial charge in [0.1, 0.15) is 11.5 Å². The average molecular weight is 380 g/mol. The summed E-state index contributed by atoms with van der Waals surface area (Å²) in [5, 5.41) is 2.90. The van der Waals surface area contributed by atoms with E-state index in [1.165, 1.54) is 0 Å². The molecule has 0 bridgehead atoms. The van der Waals surface area contributed by atoms with E-state index in [-0.39, 0.29) is 5.91 Å². The summed E-state index contributed by atoms with van der Waals surface area (Å²) in [6, 6.07) is 15.3. The Morgan fingerprint density at radius 1 is 1.14 bits per heavy atom. The van der Waals surface area contributed by atoms with Gasteiger partial charge in [0.15, 0.2) is 11.7 Å². The fraction of sp³-hybridized carbons (Fsp3) is 0.273. The highest BCUT2D eigenvalue weighted by atomic mass is 16.5. The van der Waals surface area contributed by atoms with Crippen LogP contribution in [0.3, 0.4) is 0 Å². The first-order valence-corrected chi connectivity index (χ1v) is 9.26. The van der Waals surface area contributed by atoms with Crippen LogP contribution in [0, 0.1) is 0 Å². The molecule has 28 heavy (non-hydrogen) atoms. The van der Waals surface area contributed by atoms with E-state index < -0.39 is 0 Å². The molecule has 0 unspecified atom stereocenters. The van der Waals surface area contributed by atoms with Gasteiger partial charge in [0.25, 0.3) is 0 Å². The minimum atomic E-state index is -0.0632. The Bertz CT molecular complexity index is 903. The van der Waals surface area contributed by atoms with Crippen molar-refractivity contribution in [1.29, 1.82) is 0 Å². The number of nitrogens with zero attached hydrogens (tertiary/aromatic N) is 1. The molecule has 6 heteroatoms. The quantitative estimate of drug-likeness (QED) is 0.607. The van der Waals surface area contributed by atoms with E-state index in [4.69, 9.17) is 13.9 Å². The molecule has 146 valence electrons. The molecular weight excluding hydrogens is 356 g/mol. The molecule has 0 aliphatic rings. The molecule has 1 N–H and O–H groups in total. The van der Waals surface area contributed by atoms with Gasteiger partial charge >= 0.3 is 0 Å². The molecule has 0 aliphatic carbocycles. The molecule has 0 saturated heterocycles. The molecule has 3 rings (SSSR count). The average Bonchev–Trinajstić information content (AvgIpc) is 3.21. The lowest BCUT2D eigenvalue weighted by molar-refractivity contribution is -0.121. The Balaban J connectivity index is 1.50. The van der Waals surface area contributed by atoms with Crippen molar-refractivity contribution in [2.75, 3.05) is 13.7 Å². The van der Waals surface area contributed by atoms with Crippen LogP contribution in [0.4, 0.5) is 0 Å². The second-order valence-corrected chi connectivity index (χ2v) is 6.16. The molecule has 1 heterocycles. The number of para-hydroxylation sites is 1. The van der Waals surface area contributed by atoms with E-state index in [2.05, 4.69) is 10.3 Å². The third-order valence-electron chi connectivity index (χ3n) is 4.24. The second-order valence-electron chi connectivity index (χ2n) is 6.16. The van der Waals surface area contributed by atoms with Crippen LogP contribution in [-0.2, 0) is 17.8 Å². The molecule has 1 aromatic heterocycles. The number of aromatic nitrogens is 1. The topological polar surface area (TPSA) is 73.6 Å². The van der Waals surface area contributed by atoms with Gasteiger partial charge in [0.05, 0.1) is 19.9 Å². The van der Waals surface area contributed by atoms with Crippen LogP contribution < -0.4 is 14.8 Å². The molecule has 0 radical (unpaired) electrons. The summed E-state index contributed by atoms with van der Waals surface area (Å²) < 4.78 is 16.5.